The molecular weight excluding hydrogens is 328 g/mol. The summed E-state index contributed by atoms with van der Waals surface area (Å²) in [5.74, 6) is 1.10. The minimum absolute atomic E-state index is 0.740. The molecule has 0 saturated heterocycles. The van der Waals surface area contributed by atoms with Crippen LogP contribution in [-0.2, 0) is 19.4 Å². The van der Waals surface area contributed by atoms with E-state index in [2.05, 4.69) is 59.2 Å². The van der Waals surface area contributed by atoms with Crippen molar-refractivity contribution in [3.8, 4) is 0 Å². The molecule has 0 amide bonds. The molecule has 0 bridgehead atoms. The quantitative estimate of drug-likeness (QED) is 0.465. The average Bonchev–Trinajstić information content (AvgIpc) is 3.00. The van der Waals surface area contributed by atoms with Gasteiger partial charge in [-0.25, -0.2) is 4.98 Å². The zero-order chi connectivity index (χ0) is 17.1. The standard InChI is InChI=1S/C22H19ClN2/c23-19-11-5-4-10-18(19)16-25-21-13-7-6-12-20(21)24-22(25)15-14-17-8-2-1-3-9-17/h1-13H,14-16H2. The van der Waals surface area contributed by atoms with Gasteiger partial charge >= 0.3 is 0 Å². The van der Waals surface area contributed by atoms with Crippen LogP contribution < -0.4 is 0 Å². The van der Waals surface area contributed by atoms with E-state index < -0.39 is 0 Å². The van der Waals surface area contributed by atoms with Gasteiger partial charge in [0.25, 0.3) is 0 Å². The van der Waals surface area contributed by atoms with E-state index in [1.54, 1.807) is 0 Å². The first-order valence-corrected chi connectivity index (χ1v) is 8.90. The fraction of sp³-hybridized carbons (Fsp3) is 0.136. The summed E-state index contributed by atoms with van der Waals surface area (Å²) < 4.78 is 2.29. The van der Waals surface area contributed by atoms with Crippen LogP contribution in [0.15, 0.2) is 78.9 Å². The second kappa shape index (κ2) is 7.12. The van der Waals surface area contributed by atoms with Crippen LogP contribution in [0, 0.1) is 0 Å². The molecule has 25 heavy (non-hydrogen) atoms. The van der Waals surface area contributed by atoms with Gasteiger partial charge in [0.15, 0.2) is 0 Å². The molecule has 2 nitrogen and oxygen atoms in total. The molecule has 0 radical (unpaired) electrons. The summed E-state index contributed by atoms with van der Waals surface area (Å²) in [5, 5.41) is 0.800. The van der Waals surface area contributed by atoms with E-state index in [0.717, 1.165) is 46.8 Å². The van der Waals surface area contributed by atoms with Crippen molar-refractivity contribution in [2.45, 2.75) is 19.4 Å². The number of benzene rings is 3. The van der Waals surface area contributed by atoms with Gasteiger partial charge in [0, 0.05) is 11.4 Å². The second-order valence-electron chi connectivity index (χ2n) is 6.18. The number of aromatic nitrogens is 2. The maximum atomic E-state index is 6.38. The van der Waals surface area contributed by atoms with Crippen LogP contribution in [0.1, 0.15) is 17.0 Å². The van der Waals surface area contributed by atoms with E-state index >= 15 is 0 Å². The van der Waals surface area contributed by atoms with Gasteiger partial charge in [0.05, 0.1) is 17.6 Å². The molecule has 0 atom stereocenters. The monoisotopic (exact) mass is 346 g/mol. The first-order valence-electron chi connectivity index (χ1n) is 8.53. The van der Waals surface area contributed by atoms with Gasteiger partial charge in [-0.1, -0.05) is 72.3 Å². The van der Waals surface area contributed by atoms with Crippen molar-refractivity contribution >= 4 is 22.6 Å². The summed E-state index contributed by atoms with van der Waals surface area (Å²) in [6.45, 7) is 0.740. The lowest BCUT2D eigenvalue weighted by Crippen LogP contribution is -2.07. The summed E-state index contributed by atoms with van der Waals surface area (Å²) in [5.41, 5.74) is 4.65. The van der Waals surface area contributed by atoms with Gasteiger partial charge in [-0.3, -0.25) is 0 Å². The topological polar surface area (TPSA) is 17.8 Å². The SMILES string of the molecule is Clc1ccccc1Cn1c(CCc2ccccc2)nc2ccccc21. The Morgan fingerprint density at radius 1 is 0.760 bits per heavy atom. The molecule has 3 aromatic carbocycles. The minimum Gasteiger partial charge on any atom is -0.323 e. The Kier molecular flexibility index (Phi) is 4.53. The molecule has 0 unspecified atom stereocenters. The zero-order valence-corrected chi connectivity index (χ0v) is 14.7. The van der Waals surface area contributed by atoms with Crippen LogP contribution in [0.2, 0.25) is 5.02 Å². The molecule has 0 aliphatic carbocycles. The van der Waals surface area contributed by atoms with Crippen LogP contribution in [-0.4, -0.2) is 9.55 Å². The average molecular weight is 347 g/mol. The summed E-state index contributed by atoms with van der Waals surface area (Å²) in [4.78, 5) is 4.87. The summed E-state index contributed by atoms with van der Waals surface area (Å²) in [6.07, 6.45) is 1.88. The zero-order valence-electron chi connectivity index (χ0n) is 13.9. The van der Waals surface area contributed by atoms with E-state index in [0.29, 0.717) is 0 Å². The fourth-order valence-corrected chi connectivity index (χ4v) is 3.39. The first kappa shape index (κ1) is 15.9. The number of hydrogen-bond acceptors (Lipinski definition) is 1. The van der Waals surface area contributed by atoms with E-state index in [9.17, 15) is 0 Å². The van der Waals surface area contributed by atoms with Gasteiger partial charge in [-0.05, 0) is 35.7 Å². The number of fused-ring (bicyclic) bond motifs is 1. The Bertz CT molecular complexity index is 989. The van der Waals surface area contributed by atoms with Crippen molar-refractivity contribution in [1.82, 2.24) is 9.55 Å². The Balaban J connectivity index is 1.69. The predicted octanol–water partition coefficient (Wildman–Crippen LogP) is 5.52. The molecule has 0 aliphatic rings. The number of halogens is 1. The van der Waals surface area contributed by atoms with E-state index in [-0.39, 0.29) is 0 Å². The van der Waals surface area contributed by atoms with Gasteiger partial charge < -0.3 is 4.57 Å². The number of rotatable bonds is 5. The Labute approximate surface area is 152 Å². The van der Waals surface area contributed by atoms with Crippen LogP contribution in [0.3, 0.4) is 0 Å². The van der Waals surface area contributed by atoms with E-state index in [4.69, 9.17) is 16.6 Å². The number of imidazole rings is 1. The predicted molar refractivity (Wildman–Crippen MR) is 104 cm³/mol. The minimum atomic E-state index is 0.740. The van der Waals surface area contributed by atoms with Crippen molar-refractivity contribution in [2.24, 2.45) is 0 Å². The second-order valence-corrected chi connectivity index (χ2v) is 6.59. The van der Waals surface area contributed by atoms with Gasteiger partial charge in [0.2, 0.25) is 0 Å². The molecule has 0 spiro atoms. The third-order valence-corrected chi connectivity index (χ3v) is 4.87. The highest BCUT2D eigenvalue weighted by atomic mass is 35.5. The summed E-state index contributed by atoms with van der Waals surface area (Å²) >= 11 is 6.38. The number of hydrogen-bond donors (Lipinski definition) is 0. The maximum absolute atomic E-state index is 6.38. The molecular formula is C22H19ClN2. The first-order chi connectivity index (χ1) is 12.3. The molecule has 1 heterocycles. The number of nitrogens with zero attached hydrogens (tertiary/aromatic N) is 2. The molecule has 0 fully saturated rings. The summed E-state index contributed by atoms with van der Waals surface area (Å²) in [7, 11) is 0. The van der Waals surface area contributed by atoms with Crippen LogP contribution in [0.5, 0.6) is 0 Å². The van der Waals surface area contributed by atoms with Crippen molar-refractivity contribution in [3.63, 3.8) is 0 Å². The van der Waals surface area contributed by atoms with Crippen LogP contribution in [0.25, 0.3) is 11.0 Å². The third-order valence-electron chi connectivity index (χ3n) is 4.50. The molecule has 4 aromatic rings. The highest BCUT2D eigenvalue weighted by Crippen LogP contribution is 2.22. The molecule has 3 heteroatoms. The lowest BCUT2D eigenvalue weighted by molar-refractivity contribution is 0.730. The lowest BCUT2D eigenvalue weighted by atomic mass is 10.1. The van der Waals surface area contributed by atoms with Gasteiger partial charge in [-0.2, -0.15) is 0 Å². The molecule has 0 N–H and O–H groups in total. The van der Waals surface area contributed by atoms with Crippen molar-refractivity contribution in [3.05, 3.63) is 101 Å². The van der Waals surface area contributed by atoms with E-state index in [1.165, 1.54) is 5.56 Å². The highest BCUT2D eigenvalue weighted by Gasteiger charge is 2.12. The van der Waals surface area contributed by atoms with Crippen LogP contribution >= 0.6 is 11.6 Å². The number of aryl methyl sites for hydroxylation is 2. The molecule has 0 saturated carbocycles. The third kappa shape index (κ3) is 3.45. The van der Waals surface area contributed by atoms with Crippen molar-refractivity contribution < 1.29 is 0 Å². The van der Waals surface area contributed by atoms with Crippen LogP contribution in [0.4, 0.5) is 0 Å². The Morgan fingerprint density at radius 2 is 1.48 bits per heavy atom. The molecule has 124 valence electrons. The van der Waals surface area contributed by atoms with E-state index in [1.807, 2.05) is 24.3 Å². The molecule has 4 rings (SSSR count). The highest BCUT2D eigenvalue weighted by molar-refractivity contribution is 6.31. The Morgan fingerprint density at radius 3 is 2.32 bits per heavy atom. The summed E-state index contributed by atoms with van der Waals surface area (Å²) in [6, 6.07) is 26.9. The van der Waals surface area contributed by atoms with Crippen molar-refractivity contribution in [1.29, 1.82) is 0 Å². The van der Waals surface area contributed by atoms with Gasteiger partial charge in [0.1, 0.15) is 5.82 Å². The largest absolute Gasteiger partial charge is 0.323 e. The maximum Gasteiger partial charge on any atom is 0.110 e. The number of para-hydroxylation sites is 2. The van der Waals surface area contributed by atoms with Gasteiger partial charge in [-0.15, -0.1) is 0 Å². The lowest BCUT2D eigenvalue weighted by Gasteiger charge is -2.11. The molecule has 1 aromatic heterocycles. The van der Waals surface area contributed by atoms with Crippen molar-refractivity contribution in [2.75, 3.05) is 0 Å². The smallest absolute Gasteiger partial charge is 0.110 e. The normalized spacial score (nSPS) is 11.1. The molecule has 0 aliphatic heterocycles. The Hall–Kier alpha value is -2.58. The fourth-order valence-electron chi connectivity index (χ4n) is 3.19.